The molecule has 0 spiro atoms. The first kappa shape index (κ1) is 43.7. The summed E-state index contributed by atoms with van der Waals surface area (Å²) in [5.41, 5.74) is 4.78. The fourth-order valence-corrected chi connectivity index (χ4v) is 9.54. The van der Waals surface area contributed by atoms with Crippen molar-refractivity contribution < 1.29 is 22.9 Å². The van der Waals surface area contributed by atoms with Crippen molar-refractivity contribution in [1.29, 1.82) is 0 Å². The number of benzene rings is 4. The number of hydrogen-bond donors (Lipinski definition) is 2. The largest absolute Gasteiger partial charge is 0.455 e. The maximum Gasteiger partial charge on any atom is 0.293 e. The van der Waals surface area contributed by atoms with Crippen molar-refractivity contribution in [2.45, 2.75) is 56.9 Å². The molecule has 318 valence electrons. The van der Waals surface area contributed by atoms with Gasteiger partial charge < -0.3 is 19.9 Å². The first-order valence-electron chi connectivity index (χ1n) is 20.1. The van der Waals surface area contributed by atoms with Crippen LogP contribution in [0, 0.1) is 15.5 Å². The van der Waals surface area contributed by atoms with Gasteiger partial charge >= 0.3 is 0 Å². The Morgan fingerprint density at radius 3 is 2.28 bits per heavy atom. The third kappa shape index (κ3) is 10.6. The van der Waals surface area contributed by atoms with Crippen molar-refractivity contribution in [2.24, 2.45) is 5.41 Å². The van der Waals surface area contributed by atoms with Gasteiger partial charge in [0, 0.05) is 72.7 Å². The summed E-state index contributed by atoms with van der Waals surface area (Å²) >= 11 is 19.0. The zero-order valence-electron chi connectivity index (χ0n) is 33.8. The van der Waals surface area contributed by atoms with E-state index in [9.17, 15) is 23.3 Å². The van der Waals surface area contributed by atoms with Gasteiger partial charge in [-0.25, -0.2) is 13.1 Å². The Hall–Kier alpha value is -4.37. The average Bonchev–Trinajstić information content (AvgIpc) is 3.21. The van der Waals surface area contributed by atoms with Crippen LogP contribution in [-0.2, 0) is 10.0 Å². The highest BCUT2D eigenvalue weighted by atomic mass is 35.5. The lowest BCUT2D eigenvalue weighted by atomic mass is 9.72. The van der Waals surface area contributed by atoms with Crippen LogP contribution in [0.1, 0.15) is 61.9 Å². The van der Waals surface area contributed by atoms with Crippen LogP contribution in [0.4, 0.5) is 17.1 Å². The highest BCUT2D eigenvalue weighted by molar-refractivity contribution is 7.90. The SMILES string of the molecule is CN1CCC(Nc2ccc(S(=O)(=O)NC(=O)c3ccc(N4CCN(CC5=C(c6ccc(Cl)cc6)CC(C)(C)CC5)CC4)cc3Oc3cc(Cl)ccc3Cl)cc2[N+](=O)[O-])CC1. The highest BCUT2D eigenvalue weighted by Gasteiger charge is 2.31. The smallest absolute Gasteiger partial charge is 0.293 e. The third-order valence-electron chi connectivity index (χ3n) is 11.6. The lowest BCUT2D eigenvalue weighted by Crippen LogP contribution is -2.47. The molecule has 2 N–H and O–H groups in total. The predicted octanol–water partition coefficient (Wildman–Crippen LogP) is 9.76. The van der Waals surface area contributed by atoms with Gasteiger partial charge in [-0.3, -0.25) is 19.8 Å². The summed E-state index contributed by atoms with van der Waals surface area (Å²) in [5, 5.41) is 16.6. The number of amides is 1. The van der Waals surface area contributed by atoms with E-state index in [4.69, 9.17) is 39.5 Å². The number of likely N-dealkylation sites (tertiary alicyclic amines) is 1. The molecule has 0 bridgehead atoms. The predicted molar refractivity (Wildman–Crippen MR) is 240 cm³/mol. The Morgan fingerprint density at radius 1 is 0.883 bits per heavy atom. The third-order valence-corrected chi connectivity index (χ3v) is 13.8. The van der Waals surface area contributed by atoms with Crippen molar-refractivity contribution in [2.75, 3.05) is 63.1 Å². The van der Waals surface area contributed by atoms with Gasteiger partial charge in [0.15, 0.2) is 0 Å². The number of nitro groups is 1. The first-order valence-corrected chi connectivity index (χ1v) is 22.7. The van der Waals surface area contributed by atoms with E-state index in [0.717, 1.165) is 81.6 Å². The summed E-state index contributed by atoms with van der Waals surface area (Å²) in [6, 6.07) is 21.3. The summed E-state index contributed by atoms with van der Waals surface area (Å²) in [7, 11) is -2.56. The van der Waals surface area contributed by atoms with Crippen LogP contribution < -0.4 is 19.7 Å². The van der Waals surface area contributed by atoms with Crippen molar-refractivity contribution in [3.63, 3.8) is 0 Å². The molecule has 4 aromatic carbocycles. The van der Waals surface area contributed by atoms with E-state index >= 15 is 0 Å². The van der Waals surface area contributed by atoms with Crippen molar-refractivity contribution in [3.8, 4) is 11.5 Å². The number of ether oxygens (including phenoxy) is 1. The van der Waals surface area contributed by atoms with Gasteiger partial charge in [-0.2, -0.15) is 0 Å². The zero-order valence-corrected chi connectivity index (χ0v) is 36.9. The Balaban J connectivity index is 1.10. The van der Waals surface area contributed by atoms with Gasteiger partial charge in [-0.05, 0) is 117 Å². The molecule has 16 heteroatoms. The molecule has 7 rings (SSSR count). The number of carbonyl (C=O) groups is 1. The molecule has 2 heterocycles. The molecule has 0 radical (unpaired) electrons. The van der Waals surface area contributed by atoms with Crippen molar-refractivity contribution >= 4 is 73.4 Å². The minimum atomic E-state index is -4.57. The molecule has 12 nitrogen and oxygen atoms in total. The number of nitrogens with one attached hydrogen (secondary N) is 2. The Morgan fingerprint density at radius 2 is 1.58 bits per heavy atom. The molecule has 1 amide bonds. The quantitative estimate of drug-likeness (QED) is 0.105. The van der Waals surface area contributed by atoms with Gasteiger partial charge in [0.25, 0.3) is 21.6 Å². The van der Waals surface area contributed by atoms with E-state index in [1.54, 1.807) is 24.3 Å². The van der Waals surface area contributed by atoms with Gasteiger partial charge in [0.2, 0.25) is 0 Å². The molecule has 4 aromatic rings. The highest BCUT2D eigenvalue weighted by Crippen LogP contribution is 2.44. The molecule has 2 fully saturated rings. The van der Waals surface area contributed by atoms with E-state index in [1.807, 2.05) is 19.2 Å². The number of carbonyl (C=O) groups excluding carboxylic acids is 1. The van der Waals surface area contributed by atoms with E-state index in [0.29, 0.717) is 18.1 Å². The molecule has 1 aliphatic carbocycles. The number of nitro benzene ring substituents is 1. The topological polar surface area (TPSA) is 137 Å². The number of rotatable bonds is 12. The van der Waals surface area contributed by atoms with E-state index in [-0.39, 0.29) is 39.2 Å². The number of hydrogen-bond acceptors (Lipinski definition) is 10. The normalized spacial score (nSPS) is 18.0. The van der Waals surface area contributed by atoms with E-state index in [1.165, 1.54) is 41.0 Å². The number of anilines is 2. The van der Waals surface area contributed by atoms with Gasteiger partial charge in [0.05, 0.1) is 20.4 Å². The zero-order chi connectivity index (χ0) is 42.8. The van der Waals surface area contributed by atoms with Crippen LogP contribution in [0.15, 0.2) is 89.3 Å². The molecule has 0 unspecified atom stereocenters. The molecular weight excluding hydrogens is 847 g/mol. The molecule has 0 saturated carbocycles. The fourth-order valence-electron chi connectivity index (χ4n) is 8.11. The minimum Gasteiger partial charge on any atom is -0.455 e. The summed E-state index contributed by atoms with van der Waals surface area (Å²) in [6.45, 7) is 10.2. The summed E-state index contributed by atoms with van der Waals surface area (Å²) in [5.74, 6) is -0.763. The molecule has 60 heavy (non-hydrogen) atoms. The van der Waals surface area contributed by atoms with Crippen LogP contribution in [0.25, 0.3) is 5.57 Å². The molecule has 3 aliphatic rings. The molecule has 0 aromatic heterocycles. The van der Waals surface area contributed by atoms with Gasteiger partial charge in [-0.1, -0.05) is 66.4 Å². The van der Waals surface area contributed by atoms with Crippen LogP contribution in [-0.4, -0.2) is 88.0 Å². The number of nitrogens with zero attached hydrogens (tertiary/aromatic N) is 4. The fraction of sp³-hybridized carbons (Fsp3) is 0.386. The van der Waals surface area contributed by atoms with Crippen molar-refractivity contribution in [3.05, 3.63) is 121 Å². The summed E-state index contributed by atoms with van der Waals surface area (Å²) in [6.07, 6.45) is 4.74. The van der Waals surface area contributed by atoms with Crippen LogP contribution >= 0.6 is 34.8 Å². The Kier molecular flexibility index (Phi) is 13.3. The summed E-state index contributed by atoms with van der Waals surface area (Å²) < 4.78 is 35.6. The summed E-state index contributed by atoms with van der Waals surface area (Å²) in [4.78, 5) is 31.7. The minimum absolute atomic E-state index is 0.00123. The van der Waals surface area contributed by atoms with Crippen molar-refractivity contribution in [1.82, 2.24) is 14.5 Å². The maximum absolute atomic E-state index is 13.9. The Labute approximate surface area is 366 Å². The van der Waals surface area contributed by atoms with E-state index < -0.39 is 31.4 Å². The van der Waals surface area contributed by atoms with Crippen LogP contribution in [0.2, 0.25) is 15.1 Å². The molecule has 2 saturated heterocycles. The lowest BCUT2D eigenvalue weighted by molar-refractivity contribution is -0.384. The number of piperazine rings is 1. The molecular formula is C44H49Cl3N6O6S. The maximum atomic E-state index is 13.9. The number of sulfonamides is 1. The number of piperidine rings is 1. The first-order chi connectivity index (χ1) is 28.5. The second-order valence-corrected chi connectivity index (χ2v) is 19.6. The Bertz CT molecular complexity index is 2400. The molecule has 2 aliphatic heterocycles. The monoisotopic (exact) mass is 894 g/mol. The lowest BCUT2D eigenvalue weighted by Gasteiger charge is -2.39. The van der Waals surface area contributed by atoms with Gasteiger partial charge in [-0.15, -0.1) is 0 Å². The van der Waals surface area contributed by atoms with Gasteiger partial charge in [0.1, 0.15) is 17.2 Å². The average molecular weight is 896 g/mol. The number of halogens is 3. The second-order valence-electron chi connectivity index (χ2n) is 16.6. The van der Waals surface area contributed by atoms with Crippen LogP contribution in [0.3, 0.4) is 0 Å². The molecule has 0 atom stereocenters. The van der Waals surface area contributed by atoms with Crippen LogP contribution in [0.5, 0.6) is 11.5 Å². The second kappa shape index (κ2) is 18.3. The number of allylic oxidation sites excluding steroid dienone is 1. The van der Waals surface area contributed by atoms with E-state index in [2.05, 4.69) is 50.7 Å². The standard InChI is InChI=1S/C44H49Cl3N6O6S/c1-44(2)17-14-30(37(27-44)29-4-6-31(45)7-5-29)28-51-20-22-52(23-21-51)34-9-11-36(41(25-34)59-42-24-32(46)8-12-38(42)47)43(54)49-60(57,58)35-10-13-39(40(26-35)53(55)56)48-33-15-18-50(3)19-16-33/h4-13,24-26,33,48H,14-23,27-28H2,1-3H3,(H,49,54).